The minimum absolute atomic E-state index is 0.719. The summed E-state index contributed by atoms with van der Waals surface area (Å²) in [7, 11) is -7.04. The second kappa shape index (κ2) is 7.72. The van der Waals surface area contributed by atoms with Crippen LogP contribution in [0.2, 0.25) is 0 Å². The van der Waals surface area contributed by atoms with Crippen LogP contribution in [-0.4, -0.2) is 63.5 Å². The highest BCUT2D eigenvalue weighted by molar-refractivity contribution is 7.46. The van der Waals surface area contributed by atoms with E-state index in [2.05, 4.69) is 0 Å². The fourth-order valence-electron chi connectivity index (χ4n) is 1.64. The Morgan fingerprint density at radius 2 is 0.844 bits per heavy atom. The van der Waals surface area contributed by atoms with Gasteiger partial charge in [0.1, 0.15) is 0 Å². The van der Waals surface area contributed by atoms with Crippen molar-refractivity contribution in [3.05, 3.63) is 0 Å². The maximum Gasteiger partial charge on any atom is 0.474 e. The van der Waals surface area contributed by atoms with Crippen LogP contribution in [0.25, 0.3) is 0 Å². The highest BCUT2D eigenvalue weighted by atomic mass is 31.2. The highest BCUT2D eigenvalue weighted by Gasteiger charge is 2.95. The molecule has 0 aromatic carbocycles. The first-order valence-corrected chi connectivity index (χ1v) is 8.36. The van der Waals surface area contributed by atoms with Crippen LogP contribution in [0.15, 0.2) is 0 Å². The van der Waals surface area contributed by atoms with Gasteiger partial charge in [-0.05, 0) is 6.92 Å². The Hall–Kier alpha value is -1.08. The normalized spacial score (nSPS) is 17.5. The van der Waals surface area contributed by atoms with Gasteiger partial charge in [0.2, 0.25) is 0 Å². The molecule has 0 rings (SSSR count). The van der Waals surface area contributed by atoms with Crippen molar-refractivity contribution in [2.24, 2.45) is 0 Å². The van der Waals surface area contributed by atoms with E-state index in [9.17, 15) is 79.2 Å². The lowest BCUT2D eigenvalue weighted by molar-refractivity contribution is -0.467. The molecule has 0 spiro atoms. The largest absolute Gasteiger partial charge is 0.474 e. The molecule has 0 heterocycles. The summed E-state index contributed by atoms with van der Waals surface area (Å²) in [6.07, 6.45) is -12.2. The van der Waals surface area contributed by atoms with Gasteiger partial charge in [-0.1, -0.05) is 0 Å². The minimum Gasteiger partial charge on any atom is -0.303 e. The molecule has 0 fully saturated rings. The van der Waals surface area contributed by atoms with Crippen molar-refractivity contribution in [2.75, 3.05) is 0 Å². The molecule has 0 saturated carbocycles. The van der Waals surface area contributed by atoms with E-state index in [0.717, 1.165) is 0 Å². The second-order valence-electron chi connectivity index (χ2n) is 5.78. The smallest absolute Gasteiger partial charge is 0.303 e. The fraction of sp³-hybridized carbons (Fsp3) is 1.00. The average Bonchev–Trinajstić information content (AvgIpc) is 2.50. The molecule has 1 atom stereocenters. The van der Waals surface area contributed by atoms with Gasteiger partial charge in [0.25, 0.3) is 0 Å². The zero-order valence-corrected chi connectivity index (χ0v) is 15.1. The second-order valence-corrected chi connectivity index (χ2v) is 6.95. The monoisotopic (exact) mass is 544 g/mol. The van der Waals surface area contributed by atoms with Crippen molar-refractivity contribution < 1.29 is 93.5 Å². The molecule has 4 nitrogen and oxygen atoms in total. The van der Waals surface area contributed by atoms with Gasteiger partial charge in [-0.3, -0.25) is 0 Å². The van der Waals surface area contributed by atoms with E-state index in [-0.39, 0.29) is 0 Å². The molecular weight excluding hydrogens is 538 g/mol. The number of phosphoric acid groups is 1. The van der Waals surface area contributed by atoms with Crippen LogP contribution in [0, 0.1) is 0 Å². The summed E-state index contributed by atoms with van der Waals surface area (Å²) in [5.41, 5.74) is 0. The molecule has 0 bridgehead atoms. The first kappa shape index (κ1) is 30.9. The van der Waals surface area contributed by atoms with Gasteiger partial charge < -0.3 is 9.79 Å². The predicted octanol–water partition coefficient (Wildman–Crippen LogP) is 5.49. The summed E-state index contributed by atoms with van der Waals surface area (Å²) in [5.74, 6) is -58.2. The molecule has 0 aromatic rings. The zero-order chi connectivity index (χ0) is 26.8. The number of hydrogen-bond donors (Lipinski definition) is 2. The quantitative estimate of drug-likeness (QED) is 0.282. The Bertz CT molecular complexity index is 742. The number of alkyl halides is 17. The SMILES string of the molecule is CC(F)C(F)(F)C(F)(F)C(F)(F)C(F)(F)C(F)(F)C(F)(F)C(F)(F)C(F)(F)OP(=O)(O)O. The summed E-state index contributed by atoms with van der Waals surface area (Å²) in [6, 6.07) is 0. The van der Waals surface area contributed by atoms with Crippen molar-refractivity contribution in [2.45, 2.75) is 60.7 Å². The Labute approximate surface area is 163 Å². The van der Waals surface area contributed by atoms with Crippen LogP contribution in [0.3, 0.4) is 0 Å². The van der Waals surface area contributed by atoms with Crippen molar-refractivity contribution >= 4 is 7.82 Å². The summed E-state index contributed by atoms with van der Waals surface area (Å²) in [4.78, 5) is 15.8. The van der Waals surface area contributed by atoms with Crippen LogP contribution < -0.4 is 0 Å². The third-order valence-electron chi connectivity index (χ3n) is 3.49. The maximum atomic E-state index is 13.3. The Morgan fingerprint density at radius 1 is 0.594 bits per heavy atom. The highest BCUT2D eigenvalue weighted by Crippen LogP contribution is 2.65. The molecular formula is C10H6F17O4P. The topological polar surface area (TPSA) is 66.8 Å². The summed E-state index contributed by atoms with van der Waals surface area (Å²) in [6.45, 7) is -0.719. The minimum atomic E-state index is -8.81. The fourth-order valence-corrected chi connectivity index (χ4v) is 2.05. The van der Waals surface area contributed by atoms with Gasteiger partial charge in [0.05, 0.1) is 0 Å². The van der Waals surface area contributed by atoms with Crippen molar-refractivity contribution in [1.82, 2.24) is 0 Å². The molecule has 0 radical (unpaired) electrons. The molecule has 194 valence electrons. The lowest BCUT2D eigenvalue weighted by Gasteiger charge is -2.43. The average molecular weight is 544 g/mol. The number of rotatable bonds is 10. The van der Waals surface area contributed by atoms with E-state index in [4.69, 9.17) is 9.79 Å². The van der Waals surface area contributed by atoms with Crippen molar-refractivity contribution in [3.8, 4) is 0 Å². The van der Waals surface area contributed by atoms with E-state index in [1.807, 2.05) is 0 Å². The molecule has 0 aliphatic rings. The van der Waals surface area contributed by atoms with Crippen LogP contribution in [-0.2, 0) is 9.09 Å². The molecule has 0 aliphatic heterocycles. The van der Waals surface area contributed by atoms with Gasteiger partial charge in [-0.25, -0.2) is 13.5 Å². The number of phosphoric ester groups is 1. The molecule has 0 aliphatic carbocycles. The van der Waals surface area contributed by atoms with Crippen LogP contribution >= 0.6 is 7.82 Å². The zero-order valence-electron chi connectivity index (χ0n) is 14.2. The van der Waals surface area contributed by atoms with E-state index in [1.54, 1.807) is 4.52 Å². The van der Waals surface area contributed by atoms with E-state index < -0.39 is 68.5 Å². The molecule has 1 unspecified atom stereocenters. The third kappa shape index (κ3) is 4.13. The van der Waals surface area contributed by atoms with Gasteiger partial charge >= 0.3 is 55.4 Å². The lowest BCUT2D eigenvalue weighted by Crippen LogP contribution is -2.75. The Morgan fingerprint density at radius 3 is 1.09 bits per heavy atom. The summed E-state index contributed by atoms with van der Waals surface area (Å²) < 4.78 is 235. The van der Waals surface area contributed by atoms with Crippen LogP contribution in [0.4, 0.5) is 74.6 Å². The first-order chi connectivity index (χ1) is 13.4. The molecule has 0 aromatic heterocycles. The summed E-state index contributed by atoms with van der Waals surface area (Å²) in [5, 5.41) is 0. The molecule has 0 saturated heterocycles. The van der Waals surface area contributed by atoms with Gasteiger partial charge in [-0.15, -0.1) is 0 Å². The van der Waals surface area contributed by atoms with Crippen LogP contribution in [0.1, 0.15) is 6.92 Å². The molecule has 2 N–H and O–H groups in total. The maximum absolute atomic E-state index is 13.3. The lowest BCUT2D eigenvalue weighted by atomic mass is 9.88. The van der Waals surface area contributed by atoms with E-state index in [0.29, 0.717) is 0 Å². The van der Waals surface area contributed by atoms with Crippen LogP contribution in [0.5, 0.6) is 0 Å². The molecule has 32 heavy (non-hydrogen) atoms. The molecule has 22 heteroatoms. The Balaban J connectivity index is 6.84. The number of halogens is 17. The van der Waals surface area contributed by atoms with Gasteiger partial charge in [0, 0.05) is 0 Å². The third-order valence-corrected chi connectivity index (χ3v) is 3.96. The molecule has 0 amide bonds. The van der Waals surface area contributed by atoms with Crippen molar-refractivity contribution in [1.29, 1.82) is 0 Å². The standard InChI is InChI=1S/C10H6F17O4P/c1-2(11)3(12,13)4(14,15)5(16,17)6(18,19)7(20,21)8(22,23)9(24,25)10(26,27)31-32(28,29)30/h2H,1H3,(H2,28,29,30). The summed E-state index contributed by atoms with van der Waals surface area (Å²) >= 11 is 0. The van der Waals surface area contributed by atoms with Gasteiger partial charge in [-0.2, -0.15) is 70.2 Å². The van der Waals surface area contributed by atoms with Crippen molar-refractivity contribution in [3.63, 3.8) is 0 Å². The first-order valence-electron chi connectivity index (χ1n) is 6.83. The van der Waals surface area contributed by atoms with E-state index in [1.165, 1.54) is 0 Å². The number of hydrogen-bond acceptors (Lipinski definition) is 2. The predicted molar refractivity (Wildman–Crippen MR) is 63.3 cm³/mol. The van der Waals surface area contributed by atoms with E-state index >= 15 is 0 Å². The van der Waals surface area contributed by atoms with Gasteiger partial charge in [0.15, 0.2) is 6.17 Å². The Kier molecular flexibility index (Phi) is 7.46.